The molecule has 0 aromatic carbocycles. The molecule has 94 valence electrons. The SMILES string of the molecule is COC(=O)c1sc(N2CCC(C)(C)C2)nc1Cl. The number of carbonyl (C=O) groups is 1. The second kappa shape index (κ2) is 4.46. The molecule has 1 aliphatic heterocycles. The van der Waals surface area contributed by atoms with Crippen molar-refractivity contribution in [1.29, 1.82) is 0 Å². The van der Waals surface area contributed by atoms with Gasteiger partial charge in [-0.05, 0) is 11.8 Å². The molecule has 0 saturated carbocycles. The van der Waals surface area contributed by atoms with E-state index in [2.05, 4.69) is 28.5 Å². The minimum absolute atomic E-state index is 0.238. The highest BCUT2D eigenvalue weighted by molar-refractivity contribution is 7.18. The highest BCUT2D eigenvalue weighted by atomic mass is 35.5. The lowest BCUT2D eigenvalue weighted by Crippen LogP contribution is -2.22. The van der Waals surface area contributed by atoms with Crippen LogP contribution in [0.1, 0.15) is 29.9 Å². The van der Waals surface area contributed by atoms with Crippen LogP contribution in [0.4, 0.5) is 5.13 Å². The summed E-state index contributed by atoms with van der Waals surface area (Å²) in [4.78, 5) is 18.2. The second-order valence-electron chi connectivity index (χ2n) is 4.94. The molecule has 2 heterocycles. The lowest BCUT2D eigenvalue weighted by Gasteiger charge is -2.18. The Balaban J connectivity index is 2.21. The van der Waals surface area contributed by atoms with Crippen molar-refractivity contribution in [3.05, 3.63) is 10.0 Å². The van der Waals surface area contributed by atoms with E-state index >= 15 is 0 Å². The molecule has 0 atom stereocenters. The standard InChI is InChI=1S/C11H15ClN2O2S/c1-11(2)4-5-14(6-11)10-13-8(12)7(17-10)9(15)16-3/h4-6H2,1-3H3. The molecule has 1 saturated heterocycles. The quantitative estimate of drug-likeness (QED) is 0.778. The molecule has 17 heavy (non-hydrogen) atoms. The van der Waals surface area contributed by atoms with E-state index in [1.165, 1.54) is 18.4 Å². The summed E-state index contributed by atoms with van der Waals surface area (Å²) in [5.74, 6) is -0.419. The normalized spacial score (nSPS) is 18.5. The monoisotopic (exact) mass is 274 g/mol. The molecule has 1 aromatic rings. The molecule has 0 unspecified atom stereocenters. The van der Waals surface area contributed by atoms with E-state index in [1.54, 1.807) is 0 Å². The van der Waals surface area contributed by atoms with Crippen LogP contribution >= 0.6 is 22.9 Å². The lowest BCUT2D eigenvalue weighted by molar-refractivity contribution is 0.0606. The number of methoxy groups -OCH3 is 1. The molecule has 0 spiro atoms. The number of hydrogen-bond donors (Lipinski definition) is 0. The van der Waals surface area contributed by atoms with Crippen LogP contribution in [0.25, 0.3) is 0 Å². The van der Waals surface area contributed by atoms with Crippen molar-refractivity contribution in [2.45, 2.75) is 20.3 Å². The number of thiazole rings is 1. The first kappa shape index (κ1) is 12.6. The summed E-state index contributed by atoms with van der Waals surface area (Å²) in [6, 6.07) is 0. The van der Waals surface area contributed by atoms with Crippen molar-refractivity contribution in [3.63, 3.8) is 0 Å². The Morgan fingerprint density at radius 1 is 1.59 bits per heavy atom. The van der Waals surface area contributed by atoms with Gasteiger partial charge in [-0.2, -0.15) is 0 Å². The van der Waals surface area contributed by atoms with Crippen molar-refractivity contribution in [2.24, 2.45) is 5.41 Å². The van der Waals surface area contributed by atoms with Gasteiger partial charge in [0.2, 0.25) is 0 Å². The predicted octanol–water partition coefficient (Wildman–Crippen LogP) is 2.82. The van der Waals surface area contributed by atoms with Gasteiger partial charge in [0, 0.05) is 13.1 Å². The summed E-state index contributed by atoms with van der Waals surface area (Å²) >= 11 is 7.24. The molecule has 1 fully saturated rings. The first-order valence-electron chi connectivity index (χ1n) is 5.42. The average molecular weight is 275 g/mol. The summed E-state index contributed by atoms with van der Waals surface area (Å²) in [5.41, 5.74) is 0.295. The molecule has 0 radical (unpaired) electrons. The van der Waals surface area contributed by atoms with Gasteiger partial charge in [-0.3, -0.25) is 0 Å². The molecule has 4 nitrogen and oxygen atoms in total. The number of nitrogens with zero attached hydrogens (tertiary/aromatic N) is 2. The Kier molecular flexibility index (Phi) is 3.32. The Morgan fingerprint density at radius 3 is 2.82 bits per heavy atom. The number of hydrogen-bond acceptors (Lipinski definition) is 5. The summed E-state index contributed by atoms with van der Waals surface area (Å²) in [7, 11) is 1.34. The third-order valence-electron chi connectivity index (χ3n) is 2.89. The molecule has 0 N–H and O–H groups in total. The number of carbonyl (C=O) groups excluding carboxylic acids is 1. The predicted molar refractivity (Wildman–Crippen MR) is 69.1 cm³/mol. The fraction of sp³-hybridized carbons (Fsp3) is 0.636. The van der Waals surface area contributed by atoms with Crippen LogP contribution in [0.2, 0.25) is 5.15 Å². The third-order valence-corrected chi connectivity index (χ3v) is 4.37. The summed E-state index contributed by atoms with van der Waals surface area (Å²) < 4.78 is 4.66. The summed E-state index contributed by atoms with van der Waals surface area (Å²) in [6.07, 6.45) is 1.12. The average Bonchev–Trinajstić information content (AvgIpc) is 2.80. The molecular formula is C11H15ClN2O2S. The number of ether oxygens (including phenoxy) is 1. The smallest absolute Gasteiger partial charge is 0.351 e. The van der Waals surface area contributed by atoms with E-state index < -0.39 is 5.97 Å². The molecular weight excluding hydrogens is 260 g/mol. The number of esters is 1. The van der Waals surface area contributed by atoms with Crippen molar-refractivity contribution < 1.29 is 9.53 Å². The van der Waals surface area contributed by atoms with Crippen LogP contribution in [0.15, 0.2) is 0 Å². The first-order valence-corrected chi connectivity index (χ1v) is 6.62. The zero-order valence-corrected chi connectivity index (χ0v) is 11.7. The van der Waals surface area contributed by atoms with Gasteiger partial charge in [0.05, 0.1) is 7.11 Å². The molecule has 1 aliphatic rings. The van der Waals surface area contributed by atoms with Crippen LogP contribution < -0.4 is 4.90 Å². The van der Waals surface area contributed by atoms with Crippen molar-refractivity contribution in [1.82, 2.24) is 4.98 Å². The second-order valence-corrected chi connectivity index (χ2v) is 6.28. The highest BCUT2D eigenvalue weighted by Crippen LogP contribution is 2.36. The van der Waals surface area contributed by atoms with E-state index in [0.717, 1.165) is 24.6 Å². The number of halogens is 1. The Hall–Kier alpha value is -0.810. The van der Waals surface area contributed by atoms with Crippen LogP contribution in [0.3, 0.4) is 0 Å². The number of anilines is 1. The van der Waals surface area contributed by atoms with E-state index in [1.807, 2.05) is 0 Å². The molecule has 1 aromatic heterocycles. The van der Waals surface area contributed by atoms with Crippen LogP contribution in [-0.4, -0.2) is 31.2 Å². The maximum Gasteiger partial charge on any atom is 0.351 e. The zero-order valence-electron chi connectivity index (χ0n) is 10.1. The Bertz CT molecular complexity index is 445. The maximum absolute atomic E-state index is 11.4. The van der Waals surface area contributed by atoms with Gasteiger partial charge in [0.15, 0.2) is 15.2 Å². The molecule has 0 bridgehead atoms. The van der Waals surface area contributed by atoms with Gasteiger partial charge in [-0.1, -0.05) is 36.8 Å². The van der Waals surface area contributed by atoms with E-state index in [4.69, 9.17) is 11.6 Å². The molecule has 6 heteroatoms. The molecule has 0 amide bonds. The summed E-state index contributed by atoms with van der Waals surface area (Å²) in [5, 5.41) is 1.04. The van der Waals surface area contributed by atoms with E-state index in [9.17, 15) is 4.79 Å². The zero-order chi connectivity index (χ0) is 12.6. The molecule has 0 aliphatic carbocycles. The van der Waals surface area contributed by atoms with Crippen LogP contribution in [0.5, 0.6) is 0 Å². The van der Waals surface area contributed by atoms with E-state index in [0.29, 0.717) is 10.3 Å². The van der Waals surface area contributed by atoms with Crippen molar-refractivity contribution in [3.8, 4) is 0 Å². The van der Waals surface area contributed by atoms with Gasteiger partial charge in [-0.15, -0.1) is 0 Å². The Labute approximate surface area is 110 Å². The van der Waals surface area contributed by atoms with Crippen molar-refractivity contribution >= 4 is 34.0 Å². The highest BCUT2D eigenvalue weighted by Gasteiger charge is 2.31. The van der Waals surface area contributed by atoms with Gasteiger partial charge >= 0.3 is 5.97 Å². The fourth-order valence-electron chi connectivity index (χ4n) is 1.92. The molecule has 2 rings (SSSR count). The minimum atomic E-state index is -0.419. The maximum atomic E-state index is 11.4. The van der Waals surface area contributed by atoms with Gasteiger partial charge in [0.25, 0.3) is 0 Å². The Morgan fingerprint density at radius 2 is 2.29 bits per heavy atom. The first-order chi connectivity index (χ1) is 7.93. The van der Waals surface area contributed by atoms with Gasteiger partial charge in [-0.25, -0.2) is 9.78 Å². The topological polar surface area (TPSA) is 42.4 Å². The van der Waals surface area contributed by atoms with Crippen LogP contribution in [-0.2, 0) is 4.74 Å². The van der Waals surface area contributed by atoms with Crippen molar-refractivity contribution in [2.75, 3.05) is 25.1 Å². The third kappa shape index (κ3) is 2.55. The lowest BCUT2D eigenvalue weighted by atomic mass is 9.93. The number of rotatable bonds is 2. The van der Waals surface area contributed by atoms with E-state index in [-0.39, 0.29) is 5.15 Å². The fourth-order valence-corrected chi connectivity index (χ4v) is 3.14. The summed E-state index contributed by atoms with van der Waals surface area (Å²) in [6.45, 7) is 6.35. The minimum Gasteiger partial charge on any atom is -0.465 e. The van der Waals surface area contributed by atoms with Gasteiger partial charge in [0.1, 0.15) is 0 Å². The van der Waals surface area contributed by atoms with Crippen LogP contribution in [0, 0.1) is 5.41 Å². The van der Waals surface area contributed by atoms with Gasteiger partial charge < -0.3 is 9.64 Å². The largest absolute Gasteiger partial charge is 0.465 e. The number of aromatic nitrogens is 1.